The monoisotopic (exact) mass is 628 g/mol. The van der Waals surface area contributed by atoms with Crippen LogP contribution in [0.2, 0.25) is 0 Å². The highest BCUT2D eigenvalue weighted by Crippen LogP contribution is 2.49. The van der Waals surface area contributed by atoms with Gasteiger partial charge in [0.1, 0.15) is 17.1 Å². The third kappa shape index (κ3) is 7.80. The highest BCUT2D eigenvalue weighted by Gasteiger charge is 2.61. The average Bonchev–Trinajstić information content (AvgIpc) is 3.26. The number of carbonyl (C=O) groups excluding carboxylic acids is 2. The molecule has 232 valence electrons. The van der Waals surface area contributed by atoms with E-state index >= 15 is 4.39 Å². The van der Waals surface area contributed by atoms with Crippen LogP contribution in [0.5, 0.6) is 5.75 Å². The molecular weight excluding hydrogens is 601 g/mol. The lowest BCUT2D eigenvalue weighted by Gasteiger charge is -2.41. The second-order valence-corrected chi connectivity index (χ2v) is 11.9. The molecule has 9 nitrogen and oxygen atoms in total. The summed E-state index contributed by atoms with van der Waals surface area (Å²) in [5.41, 5.74) is -6.32. The van der Waals surface area contributed by atoms with Gasteiger partial charge in [-0.05, 0) is 30.5 Å². The lowest BCUT2D eigenvalue weighted by atomic mass is 9.77. The Morgan fingerprint density at radius 1 is 1.19 bits per heavy atom. The average molecular weight is 629 g/mol. The molecule has 0 spiro atoms. The largest absolute Gasteiger partial charge is 0.493 e. The minimum Gasteiger partial charge on any atom is -0.493 e. The summed E-state index contributed by atoms with van der Waals surface area (Å²) in [4.78, 5) is 26.0. The summed E-state index contributed by atoms with van der Waals surface area (Å²) in [5.74, 6) is -4.96. The summed E-state index contributed by atoms with van der Waals surface area (Å²) in [6, 6.07) is 3.34. The van der Waals surface area contributed by atoms with Crippen LogP contribution in [0.4, 0.5) is 30.7 Å². The molecule has 2 amide bonds. The summed E-state index contributed by atoms with van der Waals surface area (Å²) in [6.07, 6.45) is -10.8. The number of sulfonamides is 1. The van der Waals surface area contributed by atoms with Crippen molar-refractivity contribution < 1.29 is 53.5 Å². The van der Waals surface area contributed by atoms with Crippen molar-refractivity contribution in [1.82, 2.24) is 19.8 Å². The fourth-order valence-electron chi connectivity index (χ4n) is 4.35. The number of ether oxygens (including phenoxy) is 1. The van der Waals surface area contributed by atoms with Gasteiger partial charge >= 0.3 is 12.4 Å². The van der Waals surface area contributed by atoms with Gasteiger partial charge in [0, 0.05) is 42.8 Å². The SMILES string of the molecule is CC(C)Cn1ccc(C2=C(C(=O)NS(C)(=O)=O)C(=O)NC(c3ccc(OCCCC(F)(F)F)cc3F)(C(F)(F)F)C2)n1. The Kier molecular flexibility index (Phi) is 9.34. The number of aromatic nitrogens is 2. The van der Waals surface area contributed by atoms with Crippen molar-refractivity contribution in [2.24, 2.45) is 5.92 Å². The minimum absolute atomic E-state index is 0.0481. The zero-order valence-electron chi connectivity index (χ0n) is 22.5. The normalized spacial score (nSPS) is 18.3. The van der Waals surface area contributed by atoms with Gasteiger partial charge in [-0.2, -0.15) is 31.4 Å². The van der Waals surface area contributed by atoms with E-state index in [0.717, 1.165) is 6.07 Å². The number of benzene rings is 1. The van der Waals surface area contributed by atoms with Gasteiger partial charge in [-0.1, -0.05) is 13.8 Å². The van der Waals surface area contributed by atoms with E-state index in [2.05, 4.69) is 5.10 Å². The van der Waals surface area contributed by atoms with Crippen LogP contribution in [0.15, 0.2) is 36.0 Å². The Balaban J connectivity index is 2.10. The molecule has 42 heavy (non-hydrogen) atoms. The molecule has 2 aromatic rings. The van der Waals surface area contributed by atoms with Gasteiger partial charge in [0.2, 0.25) is 10.0 Å². The molecule has 1 aliphatic rings. The van der Waals surface area contributed by atoms with E-state index in [1.807, 2.05) is 13.8 Å². The predicted molar refractivity (Wildman–Crippen MR) is 135 cm³/mol. The smallest absolute Gasteiger partial charge is 0.416 e. The highest BCUT2D eigenvalue weighted by atomic mass is 32.2. The van der Waals surface area contributed by atoms with Gasteiger partial charge in [-0.15, -0.1) is 0 Å². The molecule has 1 atom stereocenters. The van der Waals surface area contributed by atoms with Crippen molar-refractivity contribution in [2.75, 3.05) is 12.9 Å². The van der Waals surface area contributed by atoms with Crippen molar-refractivity contribution >= 4 is 27.4 Å². The molecule has 17 heteroatoms. The first-order chi connectivity index (χ1) is 19.2. The molecule has 0 saturated carbocycles. The van der Waals surface area contributed by atoms with Crippen LogP contribution in [0.1, 0.15) is 44.4 Å². The predicted octanol–water partition coefficient (Wildman–Crippen LogP) is 4.21. The summed E-state index contributed by atoms with van der Waals surface area (Å²) in [5, 5.41) is 5.82. The molecule has 1 unspecified atom stereocenters. The van der Waals surface area contributed by atoms with Crippen molar-refractivity contribution in [3.05, 3.63) is 53.1 Å². The third-order valence-corrected chi connectivity index (χ3v) is 6.62. The maximum absolute atomic E-state index is 15.3. The molecular formula is C25H27F7N4O5S. The number of rotatable bonds is 10. The van der Waals surface area contributed by atoms with Crippen molar-refractivity contribution in [2.45, 2.75) is 57.5 Å². The minimum atomic E-state index is -5.37. The molecule has 2 heterocycles. The Morgan fingerprint density at radius 3 is 2.40 bits per heavy atom. The summed E-state index contributed by atoms with van der Waals surface area (Å²) < 4.78 is 128. The Hall–Kier alpha value is -3.63. The fourth-order valence-corrected chi connectivity index (χ4v) is 4.79. The van der Waals surface area contributed by atoms with Crippen LogP contribution in [0, 0.1) is 11.7 Å². The van der Waals surface area contributed by atoms with Crippen LogP contribution in [-0.4, -0.2) is 55.2 Å². The second kappa shape index (κ2) is 11.9. The van der Waals surface area contributed by atoms with E-state index in [4.69, 9.17) is 4.74 Å². The number of hydrogen-bond acceptors (Lipinski definition) is 6. The molecule has 0 saturated heterocycles. The molecule has 3 rings (SSSR count). The van der Waals surface area contributed by atoms with E-state index in [1.165, 1.54) is 16.9 Å². The molecule has 0 fully saturated rings. The van der Waals surface area contributed by atoms with E-state index in [1.54, 1.807) is 10.0 Å². The topological polar surface area (TPSA) is 119 Å². The van der Waals surface area contributed by atoms with Crippen molar-refractivity contribution in [3.63, 3.8) is 0 Å². The third-order valence-electron chi connectivity index (χ3n) is 6.06. The number of nitrogens with one attached hydrogen (secondary N) is 2. The summed E-state index contributed by atoms with van der Waals surface area (Å²) in [6.45, 7) is 3.49. The Labute approximate surface area is 236 Å². The molecule has 1 aliphatic heterocycles. The first-order valence-electron chi connectivity index (χ1n) is 12.4. The molecule has 1 aromatic carbocycles. The lowest BCUT2D eigenvalue weighted by Crippen LogP contribution is -2.60. The number of amides is 2. The number of alkyl halides is 6. The van der Waals surface area contributed by atoms with Crippen LogP contribution in [0.25, 0.3) is 5.57 Å². The number of carbonyl (C=O) groups is 2. The Morgan fingerprint density at radius 2 is 1.86 bits per heavy atom. The number of hydrogen-bond donors (Lipinski definition) is 2. The molecule has 2 N–H and O–H groups in total. The van der Waals surface area contributed by atoms with Gasteiger partial charge in [-0.25, -0.2) is 17.5 Å². The lowest BCUT2D eigenvalue weighted by molar-refractivity contribution is -0.202. The van der Waals surface area contributed by atoms with E-state index in [-0.39, 0.29) is 17.4 Å². The van der Waals surface area contributed by atoms with E-state index in [0.29, 0.717) is 24.9 Å². The Bertz CT molecular complexity index is 1480. The van der Waals surface area contributed by atoms with Gasteiger partial charge in [0.25, 0.3) is 11.8 Å². The zero-order chi connectivity index (χ0) is 31.7. The van der Waals surface area contributed by atoms with Crippen molar-refractivity contribution in [3.8, 4) is 5.75 Å². The second-order valence-electron chi connectivity index (χ2n) is 10.1. The summed E-state index contributed by atoms with van der Waals surface area (Å²) in [7, 11) is -4.25. The molecule has 0 radical (unpaired) electrons. The zero-order valence-corrected chi connectivity index (χ0v) is 23.3. The van der Waals surface area contributed by atoms with E-state index < -0.39 is 88.1 Å². The van der Waals surface area contributed by atoms with Crippen molar-refractivity contribution in [1.29, 1.82) is 0 Å². The summed E-state index contributed by atoms with van der Waals surface area (Å²) >= 11 is 0. The van der Waals surface area contributed by atoms with Crippen LogP contribution in [-0.2, 0) is 31.7 Å². The molecule has 0 aliphatic carbocycles. The van der Waals surface area contributed by atoms with Crippen LogP contribution in [0.3, 0.4) is 0 Å². The molecule has 1 aromatic heterocycles. The highest BCUT2D eigenvalue weighted by molar-refractivity contribution is 7.89. The number of halogens is 7. The molecule has 0 bridgehead atoms. The van der Waals surface area contributed by atoms with E-state index in [9.17, 15) is 44.3 Å². The van der Waals surface area contributed by atoms with Gasteiger partial charge in [0.15, 0.2) is 5.54 Å². The first kappa shape index (κ1) is 32.9. The van der Waals surface area contributed by atoms with Crippen LogP contribution >= 0.6 is 0 Å². The quantitative estimate of drug-likeness (QED) is 0.231. The van der Waals surface area contributed by atoms with Crippen LogP contribution < -0.4 is 14.8 Å². The standard InChI is InChI=1S/C25H27F7N4O5S/c1-14(2)13-36-9-7-19(34-36)16-12-23(25(30,31)32,33-21(37)20(16)22(38)35-42(3,39)40)17-6-5-15(11-18(17)26)41-10-4-8-24(27,28)29/h5-7,9,11,14H,4,8,10,12-13H2,1-3H3,(H,33,37)(H,35,38). The maximum atomic E-state index is 15.3. The maximum Gasteiger partial charge on any atom is 0.416 e. The van der Waals surface area contributed by atoms with Gasteiger partial charge in [0.05, 0.1) is 18.6 Å². The number of nitrogens with zero attached hydrogens (tertiary/aromatic N) is 2. The van der Waals surface area contributed by atoms with Gasteiger partial charge in [-0.3, -0.25) is 14.3 Å². The van der Waals surface area contributed by atoms with Gasteiger partial charge < -0.3 is 10.1 Å². The fraction of sp³-hybridized carbons (Fsp3) is 0.480. The first-order valence-corrected chi connectivity index (χ1v) is 14.3.